The molecule has 0 radical (unpaired) electrons. The fourth-order valence-electron chi connectivity index (χ4n) is 2.97. The van der Waals surface area contributed by atoms with Crippen molar-refractivity contribution in [1.82, 2.24) is 10.2 Å². The second-order valence-electron chi connectivity index (χ2n) is 5.08. The van der Waals surface area contributed by atoms with E-state index in [0.717, 1.165) is 18.9 Å². The summed E-state index contributed by atoms with van der Waals surface area (Å²) in [4.78, 5) is 14.2. The molecule has 0 aromatic heterocycles. The van der Waals surface area contributed by atoms with E-state index < -0.39 is 0 Å². The Hall–Kier alpha value is -0.570. The second-order valence-corrected chi connectivity index (χ2v) is 5.08. The first-order valence-electron chi connectivity index (χ1n) is 5.82. The highest BCUT2D eigenvalue weighted by atomic mass is 16.2. The number of fused-ring (bicyclic) bond motifs is 1. The zero-order valence-electron chi connectivity index (χ0n) is 8.70. The first-order chi connectivity index (χ1) is 6.75. The van der Waals surface area contributed by atoms with Crippen LogP contribution >= 0.6 is 0 Å². The third kappa shape index (κ3) is 1.26. The number of carbonyl (C=O) groups is 1. The van der Waals surface area contributed by atoms with Crippen LogP contribution in [0.2, 0.25) is 0 Å². The van der Waals surface area contributed by atoms with E-state index in [1.165, 1.54) is 19.3 Å². The van der Waals surface area contributed by atoms with Crippen LogP contribution in [0.1, 0.15) is 32.6 Å². The molecule has 1 aliphatic carbocycles. The van der Waals surface area contributed by atoms with Crippen LogP contribution in [0.15, 0.2) is 0 Å². The summed E-state index contributed by atoms with van der Waals surface area (Å²) in [6, 6.07) is 1.31. The highest BCUT2D eigenvalue weighted by Crippen LogP contribution is 2.41. The topological polar surface area (TPSA) is 32.3 Å². The predicted molar refractivity (Wildman–Crippen MR) is 53.8 cm³/mol. The molecule has 3 fully saturated rings. The number of carbonyl (C=O) groups excluding carboxylic acids is 1. The molecule has 0 aromatic carbocycles. The minimum absolute atomic E-state index is 0.152. The average molecular weight is 194 g/mol. The lowest BCUT2D eigenvalue weighted by molar-refractivity contribution is -0.133. The Morgan fingerprint density at radius 3 is 2.86 bits per heavy atom. The number of piperidine rings is 1. The van der Waals surface area contributed by atoms with Gasteiger partial charge in [0.25, 0.3) is 0 Å². The molecule has 4 atom stereocenters. The van der Waals surface area contributed by atoms with Crippen LogP contribution in [0.3, 0.4) is 0 Å². The second kappa shape index (κ2) is 2.96. The van der Waals surface area contributed by atoms with E-state index >= 15 is 0 Å². The van der Waals surface area contributed by atoms with Gasteiger partial charge in [-0.05, 0) is 38.5 Å². The highest BCUT2D eigenvalue weighted by molar-refractivity contribution is 5.83. The van der Waals surface area contributed by atoms with Gasteiger partial charge >= 0.3 is 0 Å². The van der Waals surface area contributed by atoms with E-state index in [9.17, 15) is 4.79 Å². The minimum atomic E-state index is 0.152. The molecule has 1 N–H and O–H groups in total. The molecule has 3 heteroatoms. The SMILES string of the molecule is CC1CCCN1C(=O)[C@@H]1C[C@@H]2C[C@@H]2N1. The maximum atomic E-state index is 12.1. The summed E-state index contributed by atoms with van der Waals surface area (Å²) in [5.41, 5.74) is 0. The molecule has 0 aromatic rings. The molecule has 3 nitrogen and oxygen atoms in total. The van der Waals surface area contributed by atoms with Gasteiger partial charge in [0.1, 0.15) is 0 Å². The summed E-state index contributed by atoms with van der Waals surface area (Å²) in [5, 5.41) is 3.43. The Labute approximate surface area is 84.8 Å². The number of hydrogen-bond acceptors (Lipinski definition) is 2. The van der Waals surface area contributed by atoms with Gasteiger partial charge in [0.2, 0.25) is 5.91 Å². The lowest BCUT2D eigenvalue weighted by Crippen LogP contribution is -2.46. The van der Waals surface area contributed by atoms with Crippen LogP contribution < -0.4 is 5.32 Å². The molecule has 2 aliphatic heterocycles. The Morgan fingerprint density at radius 2 is 2.29 bits per heavy atom. The van der Waals surface area contributed by atoms with Gasteiger partial charge in [0.05, 0.1) is 6.04 Å². The molecule has 78 valence electrons. The molecule has 1 unspecified atom stereocenters. The molecular weight excluding hydrogens is 176 g/mol. The van der Waals surface area contributed by atoms with Crippen molar-refractivity contribution in [3.05, 3.63) is 0 Å². The minimum Gasteiger partial charge on any atom is -0.339 e. The van der Waals surface area contributed by atoms with E-state index in [0.29, 0.717) is 18.0 Å². The Bertz CT molecular complexity index is 256. The van der Waals surface area contributed by atoms with Crippen molar-refractivity contribution in [2.45, 2.75) is 50.7 Å². The molecule has 1 amide bonds. The van der Waals surface area contributed by atoms with E-state index in [1.807, 2.05) is 0 Å². The first-order valence-corrected chi connectivity index (χ1v) is 5.82. The van der Waals surface area contributed by atoms with Gasteiger partial charge in [0.15, 0.2) is 0 Å². The largest absolute Gasteiger partial charge is 0.339 e. The standard InChI is InChI=1S/C11H18N2O/c1-7-3-2-4-13(7)11(14)10-6-8-5-9(8)12-10/h7-10,12H,2-6H2,1H3/t7?,8-,9-,10-/m0/s1. The molecule has 3 aliphatic rings. The summed E-state index contributed by atoms with van der Waals surface area (Å²) in [6.45, 7) is 3.15. The summed E-state index contributed by atoms with van der Waals surface area (Å²) < 4.78 is 0. The third-order valence-corrected chi connectivity index (χ3v) is 4.01. The van der Waals surface area contributed by atoms with Crippen molar-refractivity contribution < 1.29 is 4.79 Å². The van der Waals surface area contributed by atoms with Gasteiger partial charge in [-0.1, -0.05) is 0 Å². The van der Waals surface area contributed by atoms with E-state index in [2.05, 4.69) is 17.1 Å². The smallest absolute Gasteiger partial charge is 0.239 e. The van der Waals surface area contributed by atoms with Crippen molar-refractivity contribution in [2.75, 3.05) is 6.54 Å². The third-order valence-electron chi connectivity index (χ3n) is 4.01. The normalized spacial score (nSPS) is 45.4. The van der Waals surface area contributed by atoms with Crippen LogP contribution in [0, 0.1) is 5.92 Å². The maximum Gasteiger partial charge on any atom is 0.239 e. The predicted octanol–water partition coefficient (Wildman–Crippen LogP) is 0.748. The Morgan fingerprint density at radius 1 is 1.43 bits per heavy atom. The van der Waals surface area contributed by atoms with Crippen molar-refractivity contribution in [2.24, 2.45) is 5.92 Å². The highest BCUT2D eigenvalue weighted by Gasteiger charge is 2.49. The van der Waals surface area contributed by atoms with Crippen LogP contribution in [0.25, 0.3) is 0 Å². The Balaban J connectivity index is 1.64. The van der Waals surface area contributed by atoms with E-state index in [1.54, 1.807) is 0 Å². The monoisotopic (exact) mass is 194 g/mol. The lowest BCUT2D eigenvalue weighted by Gasteiger charge is -2.25. The van der Waals surface area contributed by atoms with E-state index in [-0.39, 0.29) is 6.04 Å². The molecule has 2 heterocycles. The van der Waals surface area contributed by atoms with Crippen molar-refractivity contribution in [1.29, 1.82) is 0 Å². The number of nitrogens with one attached hydrogen (secondary N) is 1. The number of nitrogens with zero attached hydrogens (tertiary/aromatic N) is 1. The van der Waals surface area contributed by atoms with Gasteiger partial charge in [-0.3, -0.25) is 4.79 Å². The van der Waals surface area contributed by atoms with Gasteiger partial charge in [-0.2, -0.15) is 0 Å². The van der Waals surface area contributed by atoms with Crippen LogP contribution in [-0.2, 0) is 4.79 Å². The summed E-state index contributed by atoms with van der Waals surface area (Å²) >= 11 is 0. The van der Waals surface area contributed by atoms with E-state index in [4.69, 9.17) is 0 Å². The van der Waals surface area contributed by atoms with Crippen LogP contribution in [-0.4, -0.2) is 35.5 Å². The average Bonchev–Trinajstić information content (AvgIpc) is 2.64. The fourth-order valence-corrected chi connectivity index (χ4v) is 2.97. The zero-order valence-corrected chi connectivity index (χ0v) is 8.70. The first kappa shape index (κ1) is 8.72. The quantitative estimate of drug-likeness (QED) is 0.668. The van der Waals surface area contributed by atoms with Crippen molar-refractivity contribution in [3.8, 4) is 0 Å². The number of hydrogen-bond donors (Lipinski definition) is 1. The van der Waals surface area contributed by atoms with Gasteiger partial charge in [-0.15, -0.1) is 0 Å². The molecule has 14 heavy (non-hydrogen) atoms. The molecule has 1 saturated carbocycles. The van der Waals surface area contributed by atoms with Crippen LogP contribution in [0.5, 0.6) is 0 Å². The summed E-state index contributed by atoms with van der Waals surface area (Å²) in [5.74, 6) is 1.18. The van der Waals surface area contributed by atoms with Gasteiger partial charge in [0, 0.05) is 18.6 Å². The lowest BCUT2D eigenvalue weighted by atomic mass is 10.1. The molecular formula is C11H18N2O. The molecule has 3 rings (SSSR count). The number of likely N-dealkylation sites (tertiary alicyclic amines) is 1. The van der Waals surface area contributed by atoms with Gasteiger partial charge < -0.3 is 10.2 Å². The fraction of sp³-hybridized carbons (Fsp3) is 0.909. The number of amides is 1. The molecule has 2 saturated heterocycles. The molecule has 0 spiro atoms. The Kier molecular flexibility index (Phi) is 1.84. The van der Waals surface area contributed by atoms with Crippen molar-refractivity contribution in [3.63, 3.8) is 0 Å². The zero-order chi connectivity index (χ0) is 9.71. The summed E-state index contributed by atoms with van der Waals surface area (Å²) in [6.07, 6.45) is 4.77. The summed E-state index contributed by atoms with van der Waals surface area (Å²) in [7, 11) is 0. The maximum absolute atomic E-state index is 12.1. The van der Waals surface area contributed by atoms with Crippen LogP contribution in [0.4, 0.5) is 0 Å². The number of rotatable bonds is 1. The van der Waals surface area contributed by atoms with Crippen molar-refractivity contribution >= 4 is 5.91 Å². The van der Waals surface area contributed by atoms with Gasteiger partial charge in [-0.25, -0.2) is 0 Å². The molecule has 0 bridgehead atoms.